The number of likely N-dealkylation sites (tertiary alicyclic amines) is 1. The Hall–Kier alpha value is -1.75. The first kappa shape index (κ1) is 15.6. The summed E-state index contributed by atoms with van der Waals surface area (Å²) in [6.07, 6.45) is -0.310. The van der Waals surface area contributed by atoms with E-state index in [-0.39, 0.29) is 18.1 Å². The van der Waals surface area contributed by atoms with Crippen molar-refractivity contribution in [3.8, 4) is 5.75 Å². The Morgan fingerprint density at radius 3 is 2.57 bits per heavy atom. The average molecular weight is 292 g/mol. The molecule has 0 bridgehead atoms. The maximum Gasteiger partial charge on any atom is 0.410 e. The van der Waals surface area contributed by atoms with Crippen LogP contribution in [0.5, 0.6) is 5.75 Å². The van der Waals surface area contributed by atoms with Crippen LogP contribution in [-0.2, 0) is 4.74 Å². The van der Waals surface area contributed by atoms with Crippen LogP contribution in [0.25, 0.3) is 0 Å². The average Bonchev–Trinajstić information content (AvgIpc) is 2.79. The molecule has 116 valence electrons. The van der Waals surface area contributed by atoms with Crippen LogP contribution >= 0.6 is 0 Å². The van der Waals surface area contributed by atoms with Crippen molar-refractivity contribution in [3.05, 3.63) is 29.8 Å². The van der Waals surface area contributed by atoms with Gasteiger partial charge in [0, 0.05) is 30.6 Å². The van der Waals surface area contributed by atoms with E-state index in [1.165, 1.54) is 0 Å². The second-order valence-corrected chi connectivity index (χ2v) is 6.40. The van der Waals surface area contributed by atoms with Crippen molar-refractivity contribution >= 4 is 6.09 Å². The van der Waals surface area contributed by atoms with E-state index in [0.29, 0.717) is 13.1 Å². The van der Waals surface area contributed by atoms with Gasteiger partial charge in [-0.05, 0) is 26.8 Å². The molecule has 0 aromatic heterocycles. The monoisotopic (exact) mass is 292 g/mol. The van der Waals surface area contributed by atoms with Crippen LogP contribution in [0, 0.1) is 0 Å². The van der Waals surface area contributed by atoms with Crippen molar-refractivity contribution in [2.24, 2.45) is 5.73 Å². The number of hydrogen-bond acceptors (Lipinski definition) is 4. The van der Waals surface area contributed by atoms with Gasteiger partial charge in [-0.15, -0.1) is 0 Å². The van der Waals surface area contributed by atoms with E-state index in [1.54, 1.807) is 12.0 Å². The number of benzene rings is 1. The summed E-state index contributed by atoms with van der Waals surface area (Å²) in [4.78, 5) is 13.8. The Labute approximate surface area is 126 Å². The molecule has 5 heteroatoms. The molecule has 1 aliphatic rings. The number of nitrogens with two attached hydrogens (primary N) is 1. The normalized spacial score (nSPS) is 22.2. The van der Waals surface area contributed by atoms with Crippen LogP contribution in [0.3, 0.4) is 0 Å². The number of carbonyl (C=O) groups excluding carboxylic acids is 1. The lowest BCUT2D eigenvalue weighted by Crippen LogP contribution is -2.36. The molecular formula is C16H24N2O3. The first-order valence-corrected chi connectivity index (χ1v) is 7.18. The molecule has 0 saturated carbocycles. The maximum absolute atomic E-state index is 12.2. The van der Waals surface area contributed by atoms with E-state index in [1.807, 2.05) is 45.0 Å². The highest BCUT2D eigenvalue weighted by Crippen LogP contribution is 2.33. The largest absolute Gasteiger partial charge is 0.496 e. The van der Waals surface area contributed by atoms with Gasteiger partial charge in [-0.25, -0.2) is 4.79 Å². The van der Waals surface area contributed by atoms with Crippen LogP contribution in [0.1, 0.15) is 32.3 Å². The number of ether oxygens (including phenoxy) is 2. The molecule has 0 radical (unpaired) electrons. The van der Waals surface area contributed by atoms with Crippen LogP contribution in [-0.4, -0.2) is 42.8 Å². The van der Waals surface area contributed by atoms with Crippen LogP contribution in [0.4, 0.5) is 4.79 Å². The third-order valence-electron chi connectivity index (χ3n) is 3.56. The summed E-state index contributed by atoms with van der Waals surface area (Å²) in [6, 6.07) is 7.68. The van der Waals surface area contributed by atoms with Gasteiger partial charge in [0.2, 0.25) is 0 Å². The van der Waals surface area contributed by atoms with Crippen LogP contribution in [0.15, 0.2) is 24.3 Å². The van der Waals surface area contributed by atoms with Gasteiger partial charge in [-0.1, -0.05) is 18.2 Å². The van der Waals surface area contributed by atoms with Gasteiger partial charge < -0.3 is 20.1 Å². The molecule has 2 N–H and O–H groups in total. The van der Waals surface area contributed by atoms with Crippen molar-refractivity contribution < 1.29 is 14.3 Å². The first-order valence-electron chi connectivity index (χ1n) is 7.18. The molecule has 1 fully saturated rings. The molecule has 5 nitrogen and oxygen atoms in total. The second kappa shape index (κ2) is 5.93. The summed E-state index contributed by atoms with van der Waals surface area (Å²) in [7, 11) is 1.64. The van der Waals surface area contributed by atoms with E-state index in [4.69, 9.17) is 15.2 Å². The number of methoxy groups -OCH3 is 1. The SMILES string of the molecule is COc1ccccc1[C@H]1CN(C(=O)OC(C)(C)C)C[C@H]1N. The van der Waals surface area contributed by atoms with Crippen LogP contribution < -0.4 is 10.5 Å². The van der Waals surface area contributed by atoms with Crippen molar-refractivity contribution in [3.63, 3.8) is 0 Å². The van der Waals surface area contributed by atoms with Crippen molar-refractivity contribution in [1.29, 1.82) is 0 Å². The molecule has 1 aromatic carbocycles. The Morgan fingerprint density at radius 1 is 1.29 bits per heavy atom. The summed E-state index contributed by atoms with van der Waals surface area (Å²) < 4.78 is 10.8. The summed E-state index contributed by atoms with van der Waals surface area (Å²) >= 11 is 0. The Balaban J connectivity index is 2.13. The highest BCUT2D eigenvalue weighted by molar-refractivity contribution is 5.69. The number of carbonyl (C=O) groups is 1. The fraction of sp³-hybridized carbons (Fsp3) is 0.562. The summed E-state index contributed by atoms with van der Waals surface area (Å²) in [5, 5.41) is 0. The number of hydrogen-bond donors (Lipinski definition) is 1. The quantitative estimate of drug-likeness (QED) is 0.909. The first-order chi connectivity index (χ1) is 9.81. The molecule has 21 heavy (non-hydrogen) atoms. The Kier molecular flexibility index (Phi) is 4.42. The molecule has 1 aromatic rings. The molecule has 2 atom stereocenters. The lowest BCUT2D eigenvalue weighted by atomic mass is 9.94. The number of rotatable bonds is 2. The predicted octanol–water partition coefficient (Wildman–Crippen LogP) is 2.36. The minimum Gasteiger partial charge on any atom is -0.496 e. The number of amides is 1. The summed E-state index contributed by atoms with van der Waals surface area (Å²) in [6.45, 7) is 6.63. The molecule has 2 rings (SSSR count). The fourth-order valence-electron chi connectivity index (χ4n) is 2.61. The minimum absolute atomic E-state index is 0.0636. The molecule has 1 amide bonds. The third-order valence-corrected chi connectivity index (χ3v) is 3.56. The topological polar surface area (TPSA) is 64.8 Å². The lowest BCUT2D eigenvalue weighted by molar-refractivity contribution is 0.0290. The highest BCUT2D eigenvalue weighted by atomic mass is 16.6. The summed E-state index contributed by atoms with van der Waals surface area (Å²) in [5.41, 5.74) is 6.77. The second-order valence-electron chi connectivity index (χ2n) is 6.40. The minimum atomic E-state index is -0.496. The standard InChI is InChI=1S/C16H24N2O3/c1-16(2,3)21-15(19)18-9-12(13(17)10-18)11-7-5-6-8-14(11)20-4/h5-8,12-13H,9-10,17H2,1-4H3/t12-,13-/m1/s1. The third kappa shape index (κ3) is 3.67. The summed E-state index contributed by atoms with van der Waals surface area (Å²) in [5.74, 6) is 0.873. The van der Waals surface area contributed by atoms with Gasteiger partial charge in [-0.2, -0.15) is 0 Å². The lowest BCUT2D eigenvalue weighted by Gasteiger charge is -2.24. The molecule has 0 unspecified atom stereocenters. The Morgan fingerprint density at radius 2 is 1.95 bits per heavy atom. The molecular weight excluding hydrogens is 268 g/mol. The van der Waals surface area contributed by atoms with Gasteiger partial charge in [0.15, 0.2) is 0 Å². The van der Waals surface area contributed by atoms with Crippen molar-refractivity contribution in [2.75, 3.05) is 20.2 Å². The molecule has 1 aliphatic heterocycles. The van der Waals surface area contributed by atoms with Gasteiger partial charge in [0.1, 0.15) is 11.4 Å². The van der Waals surface area contributed by atoms with Gasteiger partial charge in [0.25, 0.3) is 0 Å². The van der Waals surface area contributed by atoms with E-state index < -0.39 is 5.60 Å². The molecule has 1 saturated heterocycles. The fourth-order valence-corrected chi connectivity index (χ4v) is 2.61. The van der Waals surface area contributed by atoms with Crippen molar-refractivity contribution in [2.45, 2.75) is 38.3 Å². The zero-order valence-electron chi connectivity index (χ0n) is 13.1. The molecule has 0 aliphatic carbocycles. The zero-order chi connectivity index (χ0) is 15.6. The van der Waals surface area contributed by atoms with Gasteiger partial charge >= 0.3 is 6.09 Å². The van der Waals surface area contributed by atoms with Crippen molar-refractivity contribution in [1.82, 2.24) is 4.90 Å². The number of para-hydroxylation sites is 1. The van der Waals surface area contributed by atoms with E-state index in [9.17, 15) is 4.79 Å². The molecule has 0 spiro atoms. The van der Waals surface area contributed by atoms with E-state index in [2.05, 4.69) is 0 Å². The van der Waals surface area contributed by atoms with Crippen LogP contribution in [0.2, 0.25) is 0 Å². The van der Waals surface area contributed by atoms with Gasteiger partial charge in [-0.3, -0.25) is 0 Å². The van der Waals surface area contributed by atoms with Gasteiger partial charge in [0.05, 0.1) is 7.11 Å². The Bertz CT molecular complexity index is 510. The highest BCUT2D eigenvalue weighted by Gasteiger charge is 2.37. The smallest absolute Gasteiger partial charge is 0.410 e. The zero-order valence-corrected chi connectivity index (χ0v) is 13.1. The van der Waals surface area contributed by atoms with E-state index in [0.717, 1.165) is 11.3 Å². The number of nitrogens with zero attached hydrogens (tertiary/aromatic N) is 1. The molecule has 1 heterocycles. The maximum atomic E-state index is 12.2. The predicted molar refractivity (Wildman–Crippen MR) is 81.5 cm³/mol. The van der Waals surface area contributed by atoms with E-state index >= 15 is 0 Å².